The zero-order valence-corrected chi connectivity index (χ0v) is 20.4. The summed E-state index contributed by atoms with van der Waals surface area (Å²) in [6, 6.07) is 13.0. The summed E-state index contributed by atoms with van der Waals surface area (Å²) in [5, 5.41) is 0. The third-order valence-electron chi connectivity index (χ3n) is 5.11. The molecule has 2 aromatic rings. The van der Waals surface area contributed by atoms with Crippen LogP contribution in [0.2, 0.25) is 0 Å². The summed E-state index contributed by atoms with van der Waals surface area (Å²) >= 11 is 0. The first-order valence-corrected chi connectivity index (χ1v) is 11.3. The number of hydrogen-bond donors (Lipinski definition) is 1. The molecule has 0 fully saturated rings. The van der Waals surface area contributed by atoms with E-state index in [2.05, 4.69) is 0 Å². The van der Waals surface area contributed by atoms with Gasteiger partial charge in [-0.15, -0.1) is 0 Å². The Morgan fingerprint density at radius 1 is 0.914 bits per heavy atom. The largest absolute Gasteiger partial charge is 0.468 e. The van der Waals surface area contributed by atoms with E-state index >= 15 is 0 Å². The number of benzene rings is 2. The lowest BCUT2D eigenvalue weighted by molar-refractivity contribution is -0.148. The van der Waals surface area contributed by atoms with Gasteiger partial charge in [-0.1, -0.05) is 38.1 Å². The van der Waals surface area contributed by atoms with Crippen LogP contribution in [0.5, 0.6) is 11.5 Å². The minimum Gasteiger partial charge on any atom is -0.468 e. The van der Waals surface area contributed by atoms with Gasteiger partial charge in [0.25, 0.3) is 0 Å². The summed E-state index contributed by atoms with van der Waals surface area (Å²) in [5.74, 6) is -2.15. The predicted molar refractivity (Wildman–Crippen MR) is 127 cm³/mol. The maximum Gasteiger partial charge on any atom is 0.338 e. The van der Waals surface area contributed by atoms with Gasteiger partial charge in [-0.05, 0) is 36.8 Å². The van der Waals surface area contributed by atoms with Crippen molar-refractivity contribution >= 4 is 23.9 Å². The van der Waals surface area contributed by atoms with Crippen LogP contribution in [0.15, 0.2) is 48.5 Å². The minimum atomic E-state index is -1.56. The standard InChI is InChI=1S/C26H31NO8/c1-5-22(28)34-20-13-12-18(14-21(20)35-23(29)6-2)16-26(27,25(31)32-4)15-17(3)33-24(30)19-10-8-7-9-11-19/h7-14,17H,5-6,15-16,27H2,1-4H3/t17?,26-/m1/s1. The highest BCUT2D eigenvalue weighted by atomic mass is 16.6. The number of esters is 4. The molecule has 0 saturated heterocycles. The van der Waals surface area contributed by atoms with E-state index in [1.165, 1.54) is 19.2 Å². The Labute approximate surface area is 204 Å². The first-order chi connectivity index (χ1) is 16.6. The first-order valence-electron chi connectivity index (χ1n) is 11.3. The van der Waals surface area contributed by atoms with Crippen LogP contribution in [0.25, 0.3) is 0 Å². The highest BCUT2D eigenvalue weighted by Gasteiger charge is 2.38. The maximum absolute atomic E-state index is 12.6. The number of hydrogen-bond acceptors (Lipinski definition) is 9. The van der Waals surface area contributed by atoms with Crippen molar-refractivity contribution in [2.75, 3.05) is 7.11 Å². The number of methoxy groups -OCH3 is 1. The minimum absolute atomic E-state index is 0.0222. The number of carbonyl (C=O) groups is 4. The van der Waals surface area contributed by atoms with Gasteiger partial charge in [0.2, 0.25) is 0 Å². The fraction of sp³-hybridized carbons (Fsp3) is 0.385. The summed E-state index contributed by atoms with van der Waals surface area (Å²) < 4.78 is 21.0. The molecule has 0 aliphatic heterocycles. The Bertz CT molecular complexity index is 1050. The topological polar surface area (TPSA) is 131 Å². The molecule has 0 spiro atoms. The molecule has 2 atom stereocenters. The molecule has 1 unspecified atom stereocenters. The number of carbonyl (C=O) groups excluding carboxylic acids is 4. The van der Waals surface area contributed by atoms with Crippen molar-refractivity contribution in [3.63, 3.8) is 0 Å². The Morgan fingerprint density at radius 2 is 1.51 bits per heavy atom. The van der Waals surface area contributed by atoms with Crippen molar-refractivity contribution in [3.8, 4) is 11.5 Å². The lowest BCUT2D eigenvalue weighted by atomic mass is 9.86. The van der Waals surface area contributed by atoms with Gasteiger partial charge in [-0.25, -0.2) is 4.79 Å². The Morgan fingerprint density at radius 3 is 2.09 bits per heavy atom. The summed E-state index contributed by atoms with van der Waals surface area (Å²) in [7, 11) is 1.21. The van der Waals surface area contributed by atoms with Crippen molar-refractivity contribution in [3.05, 3.63) is 59.7 Å². The number of rotatable bonds is 11. The van der Waals surface area contributed by atoms with Crippen LogP contribution in [0.3, 0.4) is 0 Å². The lowest BCUT2D eigenvalue weighted by Gasteiger charge is -2.29. The zero-order valence-electron chi connectivity index (χ0n) is 20.4. The predicted octanol–water partition coefficient (Wildman–Crippen LogP) is 3.37. The molecule has 35 heavy (non-hydrogen) atoms. The number of ether oxygens (including phenoxy) is 4. The molecule has 2 rings (SSSR count). The molecule has 9 heteroatoms. The summed E-state index contributed by atoms with van der Waals surface area (Å²) in [6.45, 7) is 4.90. The molecule has 0 amide bonds. The van der Waals surface area contributed by atoms with Gasteiger partial charge >= 0.3 is 23.9 Å². The Hall–Kier alpha value is -3.72. The van der Waals surface area contributed by atoms with Crippen molar-refractivity contribution in [1.82, 2.24) is 0 Å². The second kappa shape index (κ2) is 12.7. The molecule has 0 saturated carbocycles. The van der Waals surface area contributed by atoms with Crippen LogP contribution in [0.1, 0.15) is 56.0 Å². The molecule has 0 bridgehead atoms. The molecule has 0 radical (unpaired) electrons. The van der Waals surface area contributed by atoms with E-state index in [1.54, 1.807) is 57.2 Å². The van der Waals surface area contributed by atoms with Crippen LogP contribution in [-0.2, 0) is 30.3 Å². The van der Waals surface area contributed by atoms with Crippen LogP contribution in [-0.4, -0.2) is 42.6 Å². The summed E-state index contributed by atoms with van der Waals surface area (Å²) in [6.07, 6.45) is -0.524. The molecule has 2 aromatic carbocycles. The molecule has 2 N–H and O–H groups in total. The van der Waals surface area contributed by atoms with Crippen LogP contribution in [0.4, 0.5) is 0 Å². The summed E-state index contributed by atoms with van der Waals surface area (Å²) in [5.41, 5.74) is 5.80. The van der Waals surface area contributed by atoms with Crippen molar-refractivity contribution in [1.29, 1.82) is 0 Å². The Balaban J connectivity index is 2.27. The van der Waals surface area contributed by atoms with Gasteiger partial charge in [0.05, 0.1) is 12.7 Å². The molecule has 0 heterocycles. The summed E-state index contributed by atoms with van der Waals surface area (Å²) in [4.78, 5) is 48.7. The average molecular weight is 486 g/mol. The lowest BCUT2D eigenvalue weighted by Crippen LogP contribution is -2.53. The molecule has 188 valence electrons. The van der Waals surface area contributed by atoms with Crippen LogP contribution < -0.4 is 15.2 Å². The highest BCUT2D eigenvalue weighted by molar-refractivity contribution is 5.89. The van der Waals surface area contributed by atoms with E-state index in [9.17, 15) is 19.2 Å². The Kier molecular flexibility index (Phi) is 9.96. The van der Waals surface area contributed by atoms with E-state index < -0.39 is 35.5 Å². The van der Waals surface area contributed by atoms with Gasteiger partial charge < -0.3 is 24.7 Å². The van der Waals surface area contributed by atoms with Crippen molar-refractivity contribution in [2.24, 2.45) is 5.73 Å². The monoisotopic (exact) mass is 485 g/mol. The highest BCUT2D eigenvalue weighted by Crippen LogP contribution is 2.31. The van der Waals surface area contributed by atoms with Gasteiger partial charge in [-0.2, -0.15) is 0 Å². The van der Waals surface area contributed by atoms with Gasteiger partial charge in [0.15, 0.2) is 11.5 Å². The SMILES string of the molecule is CCC(=O)Oc1ccc(C[C@](N)(CC(C)OC(=O)c2ccccc2)C(=O)OC)cc1OC(=O)CC. The smallest absolute Gasteiger partial charge is 0.338 e. The van der Waals surface area contributed by atoms with Crippen molar-refractivity contribution in [2.45, 2.75) is 58.1 Å². The molecule has 9 nitrogen and oxygen atoms in total. The number of nitrogens with two attached hydrogens (primary N) is 1. The third kappa shape index (κ3) is 7.92. The third-order valence-corrected chi connectivity index (χ3v) is 5.11. The average Bonchev–Trinajstić information content (AvgIpc) is 2.85. The van der Waals surface area contributed by atoms with Crippen molar-refractivity contribution < 1.29 is 38.1 Å². The quantitative estimate of drug-likeness (QED) is 0.376. The van der Waals surface area contributed by atoms with E-state index in [4.69, 9.17) is 24.7 Å². The second-order valence-electron chi connectivity index (χ2n) is 8.05. The van der Waals surface area contributed by atoms with E-state index in [0.29, 0.717) is 11.1 Å². The van der Waals surface area contributed by atoms with Gasteiger partial charge in [-0.3, -0.25) is 14.4 Å². The van der Waals surface area contributed by atoms with Crippen LogP contribution in [0, 0.1) is 0 Å². The molecule has 0 aromatic heterocycles. The molecule has 0 aliphatic rings. The van der Waals surface area contributed by atoms with E-state index in [1.807, 2.05) is 0 Å². The molecule has 0 aliphatic carbocycles. The van der Waals surface area contributed by atoms with Gasteiger partial charge in [0.1, 0.15) is 11.6 Å². The molecular formula is C26H31NO8. The van der Waals surface area contributed by atoms with E-state index in [0.717, 1.165) is 0 Å². The fourth-order valence-electron chi connectivity index (χ4n) is 3.39. The zero-order chi connectivity index (χ0) is 26.0. The van der Waals surface area contributed by atoms with Crippen LogP contribution >= 0.6 is 0 Å². The van der Waals surface area contributed by atoms with E-state index in [-0.39, 0.29) is 37.2 Å². The fourth-order valence-corrected chi connectivity index (χ4v) is 3.39. The second-order valence-corrected chi connectivity index (χ2v) is 8.05. The normalized spacial score (nSPS) is 13.2. The maximum atomic E-state index is 12.6. The first kappa shape index (κ1) is 27.5. The molecular weight excluding hydrogens is 454 g/mol. The van der Waals surface area contributed by atoms with Gasteiger partial charge in [0, 0.05) is 25.7 Å².